The van der Waals surface area contributed by atoms with Crippen molar-refractivity contribution in [3.63, 3.8) is 0 Å². The summed E-state index contributed by atoms with van der Waals surface area (Å²) in [5.41, 5.74) is 0.0405. The molecule has 4 aliphatic rings. The monoisotopic (exact) mass is 488 g/mol. The lowest BCUT2D eigenvalue weighted by Crippen LogP contribution is -2.48. The highest BCUT2D eigenvalue weighted by Gasteiger charge is 2.53. The van der Waals surface area contributed by atoms with Gasteiger partial charge in [0.2, 0.25) is 5.13 Å². The first-order valence-electron chi connectivity index (χ1n) is 11.4. The lowest BCUT2D eigenvalue weighted by molar-refractivity contribution is -0.137. The highest BCUT2D eigenvalue weighted by Crippen LogP contribution is 2.61. The summed E-state index contributed by atoms with van der Waals surface area (Å²) in [6.45, 7) is 1.67. The van der Waals surface area contributed by atoms with Crippen molar-refractivity contribution >= 4 is 22.4 Å². The van der Waals surface area contributed by atoms with E-state index in [4.69, 9.17) is 0 Å². The zero-order valence-electron chi connectivity index (χ0n) is 18.5. The Kier molecular flexibility index (Phi) is 4.84. The number of aromatic nitrogens is 5. The van der Waals surface area contributed by atoms with E-state index in [0.717, 1.165) is 35.0 Å². The number of nitrogens with zero attached hydrogens (tertiary/aromatic N) is 5. The van der Waals surface area contributed by atoms with Gasteiger partial charge >= 0.3 is 6.18 Å². The highest BCUT2D eigenvalue weighted by molar-refractivity contribution is 7.15. The summed E-state index contributed by atoms with van der Waals surface area (Å²) >= 11 is 1.46. The SMILES string of the molecule is Cc1c(C(=O)Nc2nnc(C34CC5CC(CC(C5)C3)C4)s2)cnn1-c1ccc(C(F)(F)F)cn1. The topological polar surface area (TPSA) is 85.6 Å². The number of rotatable bonds is 4. The fourth-order valence-corrected chi connectivity index (χ4v) is 7.52. The maximum absolute atomic E-state index is 12.9. The molecule has 34 heavy (non-hydrogen) atoms. The molecule has 3 heterocycles. The van der Waals surface area contributed by atoms with E-state index in [1.54, 1.807) is 6.92 Å². The molecule has 3 aromatic rings. The molecule has 178 valence electrons. The van der Waals surface area contributed by atoms with Gasteiger partial charge in [0.1, 0.15) is 5.01 Å². The first kappa shape index (κ1) is 21.7. The number of pyridine rings is 1. The van der Waals surface area contributed by atoms with Crippen LogP contribution >= 0.6 is 11.3 Å². The van der Waals surface area contributed by atoms with Crippen molar-refractivity contribution in [3.8, 4) is 5.82 Å². The van der Waals surface area contributed by atoms with E-state index < -0.39 is 11.7 Å². The Morgan fingerprint density at radius 3 is 2.35 bits per heavy atom. The van der Waals surface area contributed by atoms with Crippen LogP contribution in [0.3, 0.4) is 0 Å². The van der Waals surface area contributed by atoms with Crippen LogP contribution in [0.4, 0.5) is 18.3 Å². The average Bonchev–Trinajstić information content (AvgIpc) is 3.39. The van der Waals surface area contributed by atoms with Gasteiger partial charge in [0, 0.05) is 11.6 Å². The van der Waals surface area contributed by atoms with Gasteiger partial charge in [-0.25, -0.2) is 9.67 Å². The average molecular weight is 489 g/mol. The zero-order chi connectivity index (χ0) is 23.7. The molecule has 4 saturated carbocycles. The molecule has 7 nitrogen and oxygen atoms in total. The van der Waals surface area contributed by atoms with Gasteiger partial charge in [-0.05, 0) is 75.3 Å². The number of alkyl halides is 3. The predicted octanol–water partition coefficient (Wildman–Crippen LogP) is 5.17. The standard InChI is InChI=1S/C23H23F3N6OS/c1-12-17(11-28-32(12)18-3-2-16(10-27-18)23(24,25)26)19(33)29-21-31-30-20(34-21)22-7-13-4-14(8-22)6-15(5-13)9-22/h2-3,10-11,13-15H,4-9H2,1H3,(H,29,31,33). The Morgan fingerprint density at radius 2 is 1.76 bits per heavy atom. The van der Waals surface area contributed by atoms with Crippen molar-refractivity contribution in [2.45, 2.75) is 57.0 Å². The maximum Gasteiger partial charge on any atom is 0.417 e. The molecule has 4 fully saturated rings. The molecule has 7 rings (SSSR count). The van der Waals surface area contributed by atoms with E-state index >= 15 is 0 Å². The molecule has 4 aliphatic carbocycles. The van der Waals surface area contributed by atoms with E-state index in [-0.39, 0.29) is 17.1 Å². The first-order chi connectivity index (χ1) is 16.2. The summed E-state index contributed by atoms with van der Waals surface area (Å²) in [5, 5.41) is 17.2. The van der Waals surface area contributed by atoms with Crippen molar-refractivity contribution in [1.82, 2.24) is 25.0 Å². The van der Waals surface area contributed by atoms with Crippen LogP contribution in [0.25, 0.3) is 5.82 Å². The Bertz CT molecular complexity index is 1210. The van der Waals surface area contributed by atoms with Crippen molar-refractivity contribution < 1.29 is 18.0 Å². The van der Waals surface area contributed by atoms with Crippen LogP contribution in [0.15, 0.2) is 24.5 Å². The summed E-state index contributed by atoms with van der Waals surface area (Å²) in [4.78, 5) is 16.8. The molecule has 0 atom stereocenters. The lowest BCUT2D eigenvalue weighted by Gasteiger charge is -2.55. The minimum atomic E-state index is -4.47. The van der Waals surface area contributed by atoms with Gasteiger partial charge in [0.15, 0.2) is 5.82 Å². The molecule has 1 N–H and O–H groups in total. The van der Waals surface area contributed by atoms with Crippen LogP contribution in [0, 0.1) is 24.7 Å². The third kappa shape index (κ3) is 3.60. The molecule has 4 bridgehead atoms. The quantitative estimate of drug-likeness (QED) is 0.548. The second-order valence-corrected chi connectivity index (χ2v) is 11.0. The van der Waals surface area contributed by atoms with Gasteiger partial charge in [-0.2, -0.15) is 18.3 Å². The normalized spacial score (nSPS) is 27.8. The molecule has 1 amide bonds. The molecule has 11 heteroatoms. The van der Waals surface area contributed by atoms with Crippen LogP contribution in [0.1, 0.15) is 65.1 Å². The number of carbonyl (C=O) groups excluding carboxylic acids is 1. The van der Waals surface area contributed by atoms with Crippen molar-refractivity contribution in [1.29, 1.82) is 0 Å². The summed E-state index contributed by atoms with van der Waals surface area (Å²) in [6, 6.07) is 2.17. The van der Waals surface area contributed by atoms with Crippen LogP contribution in [0.5, 0.6) is 0 Å². The van der Waals surface area contributed by atoms with Crippen LogP contribution in [-0.4, -0.2) is 30.9 Å². The summed E-state index contributed by atoms with van der Waals surface area (Å²) in [7, 11) is 0. The number of anilines is 1. The molecule has 0 saturated heterocycles. The molecular formula is C23H23F3N6OS. The Labute approximate surface area is 197 Å². The Hall–Kier alpha value is -2.82. The van der Waals surface area contributed by atoms with E-state index in [1.807, 2.05) is 0 Å². The molecule has 0 radical (unpaired) electrons. The van der Waals surface area contributed by atoms with Gasteiger partial charge < -0.3 is 0 Å². The minimum absolute atomic E-state index is 0.116. The van der Waals surface area contributed by atoms with Crippen molar-refractivity contribution in [3.05, 3.63) is 46.4 Å². The maximum atomic E-state index is 12.9. The van der Waals surface area contributed by atoms with Gasteiger partial charge in [-0.3, -0.25) is 10.1 Å². The molecule has 3 aromatic heterocycles. The second kappa shape index (κ2) is 7.59. The number of hydrogen-bond donors (Lipinski definition) is 1. The highest BCUT2D eigenvalue weighted by atomic mass is 32.1. The van der Waals surface area contributed by atoms with Gasteiger partial charge in [0.05, 0.1) is 23.0 Å². The van der Waals surface area contributed by atoms with E-state index in [2.05, 4.69) is 25.6 Å². The predicted molar refractivity (Wildman–Crippen MR) is 119 cm³/mol. The van der Waals surface area contributed by atoms with Gasteiger partial charge in [-0.1, -0.05) is 11.3 Å². The second-order valence-electron chi connectivity index (χ2n) is 10.0. The summed E-state index contributed by atoms with van der Waals surface area (Å²) < 4.78 is 39.8. The van der Waals surface area contributed by atoms with Crippen molar-refractivity contribution in [2.24, 2.45) is 17.8 Å². The fourth-order valence-electron chi connectivity index (χ4n) is 6.57. The third-order valence-electron chi connectivity index (χ3n) is 7.68. The number of hydrogen-bond acceptors (Lipinski definition) is 6. The number of carbonyl (C=O) groups is 1. The minimum Gasteiger partial charge on any atom is -0.296 e. The van der Waals surface area contributed by atoms with E-state index in [0.29, 0.717) is 16.4 Å². The van der Waals surface area contributed by atoms with Crippen LogP contribution in [-0.2, 0) is 11.6 Å². The molecule has 0 unspecified atom stereocenters. The number of halogens is 3. The fraction of sp³-hybridized carbons (Fsp3) is 0.522. The van der Waals surface area contributed by atoms with Crippen molar-refractivity contribution in [2.75, 3.05) is 5.32 Å². The summed E-state index contributed by atoms with van der Waals surface area (Å²) in [5.74, 6) is 2.19. The number of amides is 1. The molecule has 0 aliphatic heterocycles. The van der Waals surface area contributed by atoms with Gasteiger partial charge in [-0.15, -0.1) is 10.2 Å². The van der Waals surface area contributed by atoms with Crippen LogP contribution in [0.2, 0.25) is 0 Å². The largest absolute Gasteiger partial charge is 0.417 e. The van der Waals surface area contributed by atoms with Crippen LogP contribution < -0.4 is 5.32 Å². The van der Waals surface area contributed by atoms with E-state index in [1.165, 1.54) is 66.8 Å². The lowest BCUT2D eigenvalue weighted by atomic mass is 9.50. The Morgan fingerprint density at radius 1 is 1.09 bits per heavy atom. The summed E-state index contributed by atoms with van der Waals surface area (Å²) in [6.07, 6.45) is 5.23. The number of nitrogens with one attached hydrogen (secondary N) is 1. The molecule has 0 aromatic carbocycles. The van der Waals surface area contributed by atoms with Gasteiger partial charge in [0.25, 0.3) is 5.91 Å². The smallest absolute Gasteiger partial charge is 0.296 e. The molecule has 0 spiro atoms. The third-order valence-corrected chi connectivity index (χ3v) is 8.77. The zero-order valence-corrected chi connectivity index (χ0v) is 19.3. The first-order valence-corrected chi connectivity index (χ1v) is 12.3. The molecular weight excluding hydrogens is 465 g/mol. The Balaban J connectivity index is 1.19. The van der Waals surface area contributed by atoms with E-state index in [9.17, 15) is 18.0 Å².